The molecule has 3 heteroatoms. The molecule has 0 bridgehead atoms. The summed E-state index contributed by atoms with van der Waals surface area (Å²) in [5.74, 6) is 0.810. The zero-order valence-electron chi connectivity index (χ0n) is 8.55. The Hall–Kier alpha value is -0.830. The van der Waals surface area contributed by atoms with Crippen molar-refractivity contribution in [3.05, 3.63) is 21.9 Å². The van der Waals surface area contributed by atoms with Crippen LogP contribution >= 0.6 is 11.3 Å². The largest absolute Gasteiger partial charge is 0.356 e. The van der Waals surface area contributed by atoms with E-state index in [-0.39, 0.29) is 0 Å². The minimum Gasteiger partial charge on any atom is -0.356 e. The van der Waals surface area contributed by atoms with Gasteiger partial charge < -0.3 is 4.90 Å². The molecule has 2 nitrogen and oxygen atoms in total. The maximum absolute atomic E-state index is 7.91. The van der Waals surface area contributed by atoms with Gasteiger partial charge in [-0.15, -0.1) is 11.3 Å². The van der Waals surface area contributed by atoms with Gasteiger partial charge in [0, 0.05) is 24.4 Å². The van der Waals surface area contributed by atoms with Crippen molar-refractivity contribution < 1.29 is 0 Å². The summed E-state index contributed by atoms with van der Waals surface area (Å²) < 4.78 is 0. The fourth-order valence-electron chi connectivity index (χ4n) is 1.87. The maximum atomic E-state index is 7.91. The minimum absolute atomic E-state index is 0.810. The number of hydrogen-bond donors (Lipinski definition) is 1. The molecule has 0 unspecified atom stereocenters. The molecule has 1 aromatic heterocycles. The molecule has 0 fully saturated rings. The third-order valence-electron chi connectivity index (χ3n) is 2.68. The molecule has 76 valence electrons. The van der Waals surface area contributed by atoms with Gasteiger partial charge in [0.05, 0.1) is 5.84 Å². The Balaban J connectivity index is 2.04. The second-order valence-corrected chi connectivity index (χ2v) is 4.74. The van der Waals surface area contributed by atoms with Crippen LogP contribution in [0.2, 0.25) is 0 Å². The van der Waals surface area contributed by atoms with E-state index in [0.29, 0.717) is 0 Å². The van der Waals surface area contributed by atoms with Crippen molar-refractivity contribution in [1.29, 1.82) is 5.41 Å². The van der Waals surface area contributed by atoms with Crippen LogP contribution < -0.4 is 0 Å². The van der Waals surface area contributed by atoms with Crippen LogP contribution in [0.25, 0.3) is 0 Å². The summed E-state index contributed by atoms with van der Waals surface area (Å²) in [6, 6.07) is 2.20. The van der Waals surface area contributed by atoms with Crippen LogP contribution in [0.15, 0.2) is 11.4 Å². The number of rotatable bonds is 2. The van der Waals surface area contributed by atoms with Crippen LogP contribution in [0.4, 0.5) is 0 Å². The van der Waals surface area contributed by atoms with Crippen molar-refractivity contribution in [2.24, 2.45) is 0 Å². The first-order valence-electron chi connectivity index (χ1n) is 5.19. The molecule has 0 atom stereocenters. The van der Waals surface area contributed by atoms with Crippen LogP contribution in [0.3, 0.4) is 0 Å². The summed E-state index contributed by atoms with van der Waals surface area (Å²) in [7, 11) is 0. The van der Waals surface area contributed by atoms with Crippen LogP contribution in [-0.2, 0) is 13.0 Å². The molecule has 1 aromatic rings. The Bertz CT molecular complexity index is 330. The van der Waals surface area contributed by atoms with Gasteiger partial charge in [0.1, 0.15) is 0 Å². The van der Waals surface area contributed by atoms with Crippen LogP contribution in [0.5, 0.6) is 0 Å². The van der Waals surface area contributed by atoms with Gasteiger partial charge in [0.2, 0.25) is 0 Å². The smallest absolute Gasteiger partial charge is 0.0960 e. The number of amidine groups is 1. The van der Waals surface area contributed by atoms with Crippen LogP contribution in [0.1, 0.15) is 30.2 Å². The van der Waals surface area contributed by atoms with Gasteiger partial charge in [-0.1, -0.05) is 6.92 Å². The first-order chi connectivity index (χ1) is 6.81. The van der Waals surface area contributed by atoms with Crippen molar-refractivity contribution in [3.63, 3.8) is 0 Å². The van der Waals surface area contributed by atoms with Crippen molar-refractivity contribution in [2.75, 3.05) is 6.54 Å². The number of thiophene rings is 1. The monoisotopic (exact) mass is 208 g/mol. The summed E-state index contributed by atoms with van der Waals surface area (Å²) in [6.07, 6.45) is 3.12. The number of nitrogens with one attached hydrogen (secondary N) is 1. The molecular weight excluding hydrogens is 192 g/mol. The van der Waals surface area contributed by atoms with E-state index < -0.39 is 0 Å². The summed E-state index contributed by atoms with van der Waals surface area (Å²) in [5, 5.41) is 10.1. The molecule has 1 aliphatic rings. The minimum atomic E-state index is 0.810. The van der Waals surface area contributed by atoms with Gasteiger partial charge in [0.15, 0.2) is 0 Å². The van der Waals surface area contributed by atoms with E-state index in [4.69, 9.17) is 5.41 Å². The lowest BCUT2D eigenvalue weighted by Crippen LogP contribution is -2.34. The average molecular weight is 208 g/mol. The second kappa shape index (κ2) is 4.13. The number of nitrogens with zero attached hydrogens (tertiary/aromatic N) is 1. The Morgan fingerprint density at radius 1 is 1.64 bits per heavy atom. The molecule has 2 rings (SSSR count). The molecule has 2 heterocycles. The molecule has 0 saturated carbocycles. The average Bonchev–Trinajstić information content (AvgIpc) is 2.64. The molecule has 0 aliphatic carbocycles. The summed E-state index contributed by atoms with van der Waals surface area (Å²) in [6.45, 7) is 4.12. The second-order valence-electron chi connectivity index (χ2n) is 3.74. The van der Waals surface area contributed by atoms with Crippen molar-refractivity contribution in [2.45, 2.75) is 32.7 Å². The van der Waals surface area contributed by atoms with E-state index in [1.807, 2.05) is 11.3 Å². The van der Waals surface area contributed by atoms with E-state index >= 15 is 0 Å². The van der Waals surface area contributed by atoms with Gasteiger partial charge >= 0.3 is 0 Å². The Morgan fingerprint density at radius 3 is 3.29 bits per heavy atom. The van der Waals surface area contributed by atoms with Gasteiger partial charge in [-0.05, 0) is 29.9 Å². The SMILES string of the molecule is CCCC(=N)N1CCc2sccc2C1. The first-order valence-corrected chi connectivity index (χ1v) is 6.07. The highest BCUT2D eigenvalue weighted by atomic mass is 32.1. The highest BCUT2D eigenvalue weighted by Crippen LogP contribution is 2.24. The topological polar surface area (TPSA) is 27.1 Å². The fourth-order valence-corrected chi connectivity index (χ4v) is 2.76. The quantitative estimate of drug-likeness (QED) is 0.587. The summed E-state index contributed by atoms with van der Waals surface area (Å²) in [5.41, 5.74) is 1.43. The Morgan fingerprint density at radius 2 is 2.50 bits per heavy atom. The van der Waals surface area contributed by atoms with Crippen molar-refractivity contribution in [1.82, 2.24) is 4.90 Å². The molecule has 0 amide bonds. The van der Waals surface area contributed by atoms with Gasteiger partial charge in [-0.25, -0.2) is 0 Å². The molecule has 0 radical (unpaired) electrons. The standard InChI is InChI=1S/C11H16N2S/c1-2-3-11(12)13-6-4-10-9(8-13)5-7-14-10/h5,7,12H,2-4,6,8H2,1H3. The normalized spacial score (nSPS) is 15.4. The predicted octanol–water partition coefficient (Wildman–Crippen LogP) is 2.88. The van der Waals surface area contributed by atoms with Gasteiger partial charge in [-0.2, -0.15) is 0 Å². The van der Waals surface area contributed by atoms with E-state index in [1.165, 1.54) is 10.4 Å². The highest BCUT2D eigenvalue weighted by Gasteiger charge is 2.18. The zero-order valence-corrected chi connectivity index (χ0v) is 9.36. The lowest BCUT2D eigenvalue weighted by atomic mass is 10.1. The maximum Gasteiger partial charge on any atom is 0.0960 e. The molecule has 14 heavy (non-hydrogen) atoms. The van der Waals surface area contributed by atoms with E-state index in [2.05, 4.69) is 23.3 Å². The summed E-state index contributed by atoms with van der Waals surface area (Å²) in [4.78, 5) is 3.73. The van der Waals surface area contributed by atoms with Crippen molar-refractivity contribution >= 4 is 17.2 Å². The van der Waals surface area contributed by atoms with E-state index in [9.17, 15) is 0 Å². The summed E-state index contributed by atoms with van der Waals surface area (Å²) >= 11 is 1.86. The third-order valence-corrected chi connectivity index (χ3v) is 3.70. The molecule has 1 aliphatic heterocycles. The van der Waals surface area contributed by atoms with Crippen LogP contribution in [0, 0.1) is 5.41 Å². The van der Waals surface area contributed by atoms with Gasteiger partial charge in [0.25, 0.3) is 0 Å². The predicted molar refractivity (Wildman–Crippen MR) is 61.1 cm³/mol. The molecule has 0 spiro atoms. The van der Waals surface area contributed by atoms with Gasteiger partial charge in [-0.3, -0.25) is 5.41 Å². The lowest BCUT2D eigenvalue weighted by Gasteiger charge is -2.29. The van der Waals surface area contributed by atoms with E-state index in [0.717, 1.165) is 38.2 Å². The Kier molecular flexibility index (Phi) is 2.87. The number of hydrogen-bond acceptors (Lipinski definition) is 2. The van der Waals surface area contributed by atoms with E-state index in [1.54, 1.807) is 0 Å². The number of fused-ring (bicyclic) bond motifs is 1. The first kappa shape index (κ1) is 9.71. The molecule has 0 saturated heterocycles. The molecule has 1 N–H and O–H groups in total. The fraction of sp³-hybridized carbons (Fsp3) is 0.545. The third kappa shape index (κ3) is 1.82. The van der Waals surface area contributed by atoms with Crippen molar-refractivity contribution in [3.8, 4) is 0 Å². The molecular formula is C11H16N2S. The lowest BCUT2D eigenvalue weighted by molar-refractivity contribution is 0.386. The van der Waals surface area contributed by atoms with Crippen LogP contribution in [-0.4, -0.2) is 17.3 Å². The molecule has 0 aromatic carbocycles. The zero-order chi connectivity index (χ0) is 9.97. The highest BCUT2D eigenvalue weighted by molar-refractivity contribution is 7.10. The Labute approximate surface area is 89.1 Å².